The van der Waals surface area contributed by atoms with Crippen molar-refractivity contribution in [2.75, 3.05) is 0 Å². The van der Waals surface area contributed by atoms with Crippen LogP contribution < -0.4 is 0 Å². The van der Waals surface area contributed by atoms with E-state index in [1.54, 1.807) is 0 Å². The Balaban J connectivity index is 2.27. The lowest BCUT2D eigenvalue weighted by molar-refractivity contribution is -0.137. The Morgan fingerprint density at radius 1 is 0.905 bits per heavy atom. The maximum atomic E-state index is 13.1. The maximum Gasteiger partial charge on any atom is 0.416 e. The summed E-state index contributed by atoms with van der Waals surface area (Å²) < 4.78 is 50.8. The van der Waals surface area contributed by atoms with Crippen LogP contribution in [-0.4, -0.2) is 6.29 Å². The normalized spacial score (nSPS) is 11.8. The number of benzene rings is 2. The molecule has 0 aliphatic heterocycles. The first-order valence-corrected chi connectivity index (χ1v) is 6.00. The van der Waals surface area contributed by atoms with Crippen LogP contribution in [0.15, 0.2) is 42.5 Å². The molecular formula is C16H10F4O. The molecule has 0 bridgehead atoms. The van der Waals surface area contributed by atoms with Crippen LogP contribution in [0.4, 0.5) is 17.6 Å². The molecule has 21 heavy (non-hydrogen) atoms. The molecule has 0 aromatic heterocycles. The lowest BCUT2D eigenvalue weighted by atomic mass is 10.1. The summed E-state index contributed by atoms with van der Waals surface area (Å²) in [5.74, 6) is -0.638. The van der Waals surface area contributed by atoms with Gasteiger partial charge in [-0.3, -0.25) is 4.79 Å². The molecule has 0 fully saturated rings. The summed E-state index contributed by atoms with van der Waals surface area (Å²) in [7, 11) is 0. The molecule has 0 heterocycles. The second-order valence-corrected chi connectivity index (χ2v) is 4.36. The van der Waals surface area contributed by atoms with Gasteiger partial charge in [-0.1, -0.05) is 30.4 Å². The highest BCUT2D eigenvalue weighted by molar-refractivity contribution is 5.78. The molecule has 2 rings (SSSR count). The fourth-order valence-corrected chi connectivity index (χ4v) is 1.77. The van der Waals surface area contributed by atoms with Gasteiger partial charge in [0.25, 0.3) is 0 Å². The van der Waals surface area contributed by atoms with Crippen LogP contribution in [0.3, 0.4) is 0 Å². The van der Waals surface area contributed by atoms with Crippen LogP contribution in [0.2, 0.25) is 0 Å². The zero-order valence-electron chi connectivity index (χ0n) is 10.7. The summed E-state index contributed by atoms with van der Waals surface area (Å²) in [6.45, 7) is 0. The standard InChI is InChI=1S/C16H10F4O/c17-15-7-6-12(8-13(15)10-21)5-4-11-2-1-3-14(9-11)16(18,19)20/h1-10H/b5-4+. The van der Waals surface area contributed by atoms with Gasteiger partial charge in [0.2, 0.25) is 0 Å². The molecule has 0 saturated carbocycles. The van der Waals surface area contributed by atoms with Crippen molar-refractivity contribution >= 4 is 18.4 Å². The summed E-state index contributed by atoms with van der Waals surface area (Å²) in [5.41, 5.74) is 0.0521. The fraction of sp³-hybridized carbons (Fsp3) is 0.0625. The van der Waals surface area contributed by atoms with Gasteiger partial charge in [0.15, 0.2) is 6.29 Å². The van der Waals surface area contributed by atoms with Crippen LogP contribution in [0.5, 0.6) is 0 Å². The molecule has 0 atom stereocenters. The van der Waals surface area contributed by atoms with Gasteiger partial charge in [0.05, 0.1) is 11.1 Å². The van der Waals surface area contributed by atoms with Gasteiger partial charge in [-0.2, -0.15) is 13.2 Å². The highest BCUT2D eigenvalue weighted by atomic mass is 19.4. The minimum atomic E-state index is -4.40. The van der Waals surface area contributed by atoms with Gasteiger partial charge in [0.1, 0.15) is 5.82 Å². The lowest BCUT2D eigenvalue weighted by Gasteiger charge is -2.06. The number of aldehydes is 1. The van der Waals surface area contributed by atoms with Gasteiger partial charge >= 0.3 is 6.18 Å². The lowest BCUT2D eigenvalue weighted by Crippen LogP contribution is -2.04. The minimum Gasteiger partial charge on any atom is -0.298 e. The number of carbonyl (C=O) groups excluding carboxylic acids is 1. The van der Waals surface area contributed by atoms with E-state index >= 15 is 0 Å². The van der Waals surface area contributed by atoms with Crippen molar-refractivity contribution < 1.29 is 22.4 Å². The summed E-state index contributed by atoms with van der Waals surface area (Å²) in [6.07, 6.45) is -1.03. The van der Waals surface area contributed by atoms with Crippen LogP contribution >= 0.6 is 0 Å². The van der Waals surface area contributed by atoms with Crippen molar-refractivity contribution in [1.82, 2.24) is 0 Å². The molecule has 0 radical (unpaired) electrons. The van der Waals surface area contributed by atoms with Crippen molar-refractivity contribution in [3.8, 4) is 0 Å². The summed E-state index contributed by atoms with van der Waals surface area (Å²) in [6, 6.07) is 8.73. The zero-order chi connectivity index (χ0) is 15.5. The molecule has 2 aromatic rings. The number of halogens is 4. The van der Waals surface area contributed by atoms with Gasteiger partial charge in [-0.05, 0) is 35.4 Å². The van der Waals surface area contributed by atoms with Crippen molar-refractivity contribution in [1.29, 1.82) is 0 Å². The first kappa shape index (κ1) is 15.0. The molecule has 0 aliphatic carbocycles. The number of carbonyl (C=O) groups is 1. The first-order valence-electron chi connectivity index (χ1n) is 6.00. The molecule has 0 unspecified atom stereocenters. The van der Waals surface area contributed by atoms with Crippen LogP contribution in [-0.2, 0) is 6.18 Å². The van der Waals surface area contributed by atoms with Crippen LogP contribution in [0.25, 0.3) is 12.2 Å². The maximum absolute atomic E-state index is 13.1. The van der Waals surface area contributed by atoms with Gasteiger partial charge in [-0.15, -0.1) is 0 Å². The topological polar surface area (TPSA) is 17.1 Å². The molecular weight excluding hydrogens is 284 g/mol. The average molecular weight is 294 g/mol. The Morgan fingerprint density at radius 3 is 2.19 bits per heavy atom. The highest BCUT2D eigenvalue weighted by Gasteiger charge is 2.30. The summed E-state index contributed by atoms with van der Waals surface area (Å²) in [5, 5.41) is 0. The van der Waals surface area contributed by atoms with Gasteiger partial charge in [-0.25, -0.2) is 4.39 Å². The molecule has 0 saturated heterocycles. The molecule has 0 spiro atoms. The average Bonchev–Trinajstić information content (AvgIpc) is 2.46. The Bertz CT molecular complexity index is 687. The largest absolute Gasteiger partial charge is 0.416 e. The molecule has 5 heteroatoms. The molecule has 2 aromatic carbocycles. The predicted molar refractivity (Wildman–Crippen MR) is 72.2 cm³/mol. The van der Waals surface area contributed by atoms with E-state index in [9.17, 15) is 22.4 Å². The van der Waals surface area contributed by atoms with Crippen LogP contribution in [0.1, 0.15) is 27.0 Å². The summed E-state index contributed by atoms with van der Waals surface area (Å²) in [4.78, 5) is 10.6. The third kappa shape index (κ3) is 3.78. The Labute approximate surface area is 118 Å². The van der Waals surface area contributed by atoms with Crippen molar-refractivity contribution in [3.05, 3.63) is 70.5 Å². The highest BCUT2D eigenvalue weighted by Crippen LogP contribution is 2.29. The Morgan fingerprint density at radius 2 is 1.57 bits per heavy atom. The smallest absolute Gasteiger partial charge is 0.298 e. The van der Waals surface area contributed by atoms with E-state index in [2.05, 4.69) is 0 Å². The SMILES string of the molecule is O=Cc1cc(/C=C/c2cccc(C(F)(F)F)c2)ccc1F. The Kier molecular flexibility index (Phi) is 4.21. The predicted octanol–water partition coefficient (Wildman–Crippen LogP) is 4.83. The summed E-state index contributed by atoms with van der Waals surface area (Å²) >= 11 is 0. The first-order chi connectivity index (χ1) is 9.90. The van der Waals surface area contributed by atoms with E-state index in [-0.39, 0.29) is 5.56 Å². The van der Waals surface area contributed by atoms with E-state index in [1.165, 1.54) is 36.4 Å². The molecule has 0 aliphatic rings. The van der Waals surface area contributed by atoms with E-state index in [1.807, 2.05) is 0 Å². The Hall–Kier alpha value is -2.43. The number of hydrogen-bond donors (Lipinski definition) is 0. The molecule has 0 amide bonds. The van der Waals surface area contributed by atoms with E-state index in [0.29, 0.717) is 17.4 Å². The third-order valence-electron chi connectivity index (χ3n) is 2.83. The molecule has 108 valence electrons. The van der Waals surface area contributed by atoms with Crippen LogP contribution in [0, 0.1) is 5.82 Å². The second-order valence-electron chi connectivity index (χ2n) is 4.36. The minimum absolute atomic E-state index is 0.0961. The van der Waals surface area contributed by atoms with Gasteiger partial charge in [0, 0.05) is 0 Å². The van der Waals surface area contributed by atoms with Gasteiger partial charge < -0.3 is 0 Å². The molecule has 1 nitrogen and oxygen atoms in total. The second kappa shape index (κ2) is 5.91. The number of rotatable bonds is 3. The quantitative estimate of drug-likeness (QED) is 0.450. The fourth-order valence-electron chi connectivity index (χ4n) is 1.77. The zero-order valence-corrected chi connectivity index (χ0v) is 10.7. The van der Waals surface area contributed by atoms with Crippen molar-refractivity contribution in [3.63, 3.8) is 0 Å². The third-order valence-corrected chi connectivity index (χ3v) is 2.83. The van der Waals surface area contributed by atoms with E-state index in [4.69, 9.17) is 0 Å². The van der Waals surface area contributed by atoms with E-state index in [0.717, 1.165) is 18.2 Å². The van der Waals surface area contributed by atoms with Crippen molar-refractivity contribution in [2.24, 2.45) is 0 Å². The number of alkyl halides is 3. The molecule has 0 N–H and O–H groups in total. The monoisotopic (exact) mass is 294 g/mol. The van der Waals surface area contributed by atoms with Crippen molar-refractivity contribution in [2.45, 2.75) is 6.18 Å². The van der Waals surface area contributed by atoms with E-state index < -0.39 is 17.6 Å². The number of hydrogen-bond acceptors (Lipinski definition) is 1.